The van der Waals surface area contributed by atoms with Crippen molar-refractivity contribution in [3.05, 3.63) is 30.3 Å². The van der Waals surface area contributed by atoms with Gasteiger partial charge in [0.15, 0.2) is 15.4 Å². The van der Waals surface area contributed by atoms with Gasteiger partial charge in [-0.2, -0.15) is 13.2 Å². The average Bonchev–Trinajstić information content (AvgIpc) is 3.28. The molecule has 0 radical (unpaired) electrons. The van der Waals surface area contributed by atoms with Gasteiger partial charge in [0.05, 0.1) is 16.2 Å². The first-order chi connectivity index (χ1) is 19.8. The fourth-order valence-electron chi connectivity index (χ4n) is 10.6. The fourth-order valence-corrected chi connectivity index (χ4v) is 12.7. The Morgan fingerprint density at radius 1 is 0.907 bits per heavy atom. The summed E-state index contributed by atoms with van der Waals surface area (Å²) in [7, 11) is -3.71. The highest BCUT2D eigenvalue weighted by molar-refractivity contribution is 7.92. The second-order valence-corrected chi connectivity index (χ2v) is 18.7. The fraction of sp³-hybridized carbons (Fsp3) is 0.829. The summed E-state index contributed by atoms with van der Waals surface area (Å²) in [5.74, 6) is 1.06. The number of rotatable bonds is 6. The summed E-state index contributed by atoms with van der Waals surface area (Å²) in [6, 6.07) is 8.63. The molecule has 4 fully saturated rings. The molecule has 0 spiro atoms. The van der Waals surface area contributed by atoms with Crippen LogP contribution < -0.4 is 0 Å². The van der Waals surface area contributed by atoms with Crippen molar-refractivity contribution in [1.29, 1.82) is 0 Å². The van der Waals surface area contributed by atoms with Gasteiger partial charge in [-0.05, 0) is 128 Å². The van der Waals surface area contributed by atoms with E-state index < -0.39 is 38.4 Å². The molecule has 244 valence electrons. The normalized spacial score (nSPS) is 40.6. The van der Waals surface area contributed by atoms with Crippen molar-refractivity contribution in [1.82, 2.24) is 0 Å². The monoisotopic (exact) mass is 626 g/mol. The molecule has 0 bridgehead atoms. The van der Waals surface area contributed by atoms with Crippen molar-refractivity contribution in [2.45, 2.75) is 134 Å². The zero-order chi connectivity index (χ0) is 31.8. The lowest BCUT2D eigenvalue weighted by Crippen LogP contribution is -2.59. The number of aliphatic hydroxyl groups excluding tert-OH is 1. The first kappa shape index (κ1) is 33.2. The molecular formula is C35H53F3O4S. The van der Waals surface area contributed by atoms with E-state index in [1.54, 1.807) is 24.3 Å². The maximum atomic E-state index is 14.2. The molecule has 0 aliphatic heterocycles. The third-order valence-corrected chi connectivity index (χ3v) is 15.8. The van der Waals surface area contributed by atoms with Gasteiger partial charge in [0.2, 0.25) is 0 Å². The molecule has 2 unspecified atom stereocenters. The minimum absolute atomic E-state index is 0.0533. The molecule has 2 N–H and O–H groups in total. The first-order valence-electron chi connectivity index (χ1n) is 16.5. The Kier molecular flexibility index (Phi) is 8.51. The van der Waals surface area contributed by atoms with Crippen LogP contribution in [0.2, 0.25) is 0 Å². The maximum Gasteiger partial charge on any atom is 0.417 e. The predicted molar refractivity (Wildman–Crippen MR) is 163 cm³/mol. The van der Waals surface area contributed by atoms with Gasteiger partial charge in [-0.15, -0.1) is 0 Å². The molecule has 1 aromatic carbocycles. The van der Waals surface area contributed by atoms with Crippen LogP contribution in [0.4, 0.5) is 13.2 Å². The van der Waals surface area contributed by atoms with Crippen molar-refractivity contribution >= 4 is 9.84 Å². The quantitative estimate of drug-likeness (QED) is 0.334. The lowest BCUT2D eigenvalue weighted by Gasteiger charge is -2.62. The molecule has 4 aliphatic rings. The van der Waals surface area contributed by atoms with Crippen molar-refractivity contribution < 1.29 is 31.8 Å². The molecule has 0 aromatic heterocycles. The van der Waals surface area contributed by atoms with Crippen LogP contribution in [-0.4, -0.2) is 41.8 Å². The summed E-state index contributed by atoms with van der Waals surface area (Å²) in [4.78, 5) is 0.304. The van der Waals surface area contributed by atoms with E-state index in [0.717, 1.165) is 32.1 Å². The van der Waals surface area contributed by atoms with Crippen LogP contribution in [0.5, 0.6) is 0 Å². The topological polar surface area (TPSA) is 74.6 Å². The van der Waals surface area contributed by atoms with Crippen LogP contribution in [0.15, 0.2) is 35.2 Å². The van der Waals surface area contributed by atoms with Crippen molar-refractivity contribution in [2.24, 2.45) is 51.8 Å². The Hall–Kier alpha value is -1.12. The lowest BCUT2D eigenvalue weighted by molar-refractivity contribution is -0.290. The van der Waals surface area contributed by atoms with Crippen LogP contribution >= 0.6 is 0 Å². The van der Waals surface area contributed by atoms with Gasteiger partial charge in [0, 0.05) is 0 Å². The molecule has 11 atom stereocenters. The number of hydrogen-bond acceptors (Lipinski definition) is 4. The van der Waals surface area contributed by atoms with E-state index in [1.807, 2.05) is 26.8 Å². The molecule has 5 rings (SSSR count). The van der Waals surface area contributed by atoms with Crippen molar-refractivity contribution in [3.63, 3.8) is 0 Å². The summed E-state index contributed by atoms with van der Waals surface area (Å²) in [5, 5.41) is 21.0. The number of hydrogen-bond donors (Lipinski definition) is 2. The molecule has 0 amide bonds. The number of alkyl halides is 3. The number of aliphatic hydroxyl groups is 2. The van der Waals surface area contributed by atoms with E-state index in [2.05, 4.69) is 20.8 Å². The maximum absolute atomic E-state index is 14.2. The highest BCUT2D eigenvalue weighted by Gasteiger charge is 2.65. The van der Waals surface area contributed by atoms with Gasteiger partial charge in [-0.3, -0.25) is 0 Å². The molecular weight excluding hydrogens is 573 g/mol. The van der Waals surface area contributed by atoms with E-state index in [9.17, 15) is 31.8 Å². The molecule has 0 saturated heterocycles. The Balaban J connectivity index is 1.41. The van der Waals surface area contributed by atoms with Crippen LogP contribution in [0, 0.1) is 51.8 Å². The van der Waals surface area contributed by atoms with Crippen LogP contribution in [0.1, 0.15) is 106 Å². The Morgan fingerprint density at radius 3 is 2.14 bits per heavy atom. The van der Waals surface area contributed by atoms with E-state index in [0.29, 0.717) is 35.5 Å². The Morgan fingerprint density at radius 2 is 1.53 bits per heavy atom. The largest absolute Gasteiger partial charge is 0.417 e. The number of halogens is 3. The minimum atomic E-state index is -4.59. The Bertz CT molecular complexity index is 1260. The highest BCUT2D eigenvalue weighted by Crippen LogP contribution is 2.69. The molecule has 0 heterocycles. The van der Waals surface area contributed by atoms with E-state index in [1.165, 1.54) is 0 Å². The number of benzene rings is 1. The van der Waals surface area contributed by atoms with Crippen LogP contribution in [0.25, 0.3) is 0 Å². The summed E-state index contributed by atoms with van der Waals surface area (Å²) >= 11 is 0. The van der Waals surface area contributed by atoms with Gasteiger partial charge in [0.25, 0.3) is 0 Å². The summed E-state index contributed by atoms with van der Waals surface area (Å²) in [6.45, 7) is 12.5. The smallest absolute Gasteiger partial charge is 0.393 e. The zero-order valence-corrected chi connectivity index (χ0v) is 27.6. The van der Waals surface area contributed by atoms with E-state index in [-0.39, 0.29) is 47.8 Å². The SMILES string of the molecule is C[C@H](C(C[C@H](O)C(C)(C)C)S(=O)(=O)c1ccccc1)[C@H]1CCC2[C@@H]3CC[C@H]4C[C@](O)(C(F)(F)F)CC[C@]4(C)[C@H]3CC[C@@]21C. The second kappa shape index (κ2) is 11.0. The van der Waals surface area contributed by atoms with Crippen LogP contribution in [0.3, 0.4) is 0 Å². The summed E-state index contributed by atoms with van der Waals surface area (Å²) in [6.07, 6.45) is 0.257. The van der Waals surface area contributed by atoms with E-state index in [4.69, 9.17) is 0 Å². The van der Waals surface area contributed by atoms with Crippen molar-refractivity contribution in [2.75, 3.05) is 0 Å². The van der Waals surface area contributed by atoms with Gasteiger partial charge in [-0.25, -0.2) is 8.42 Å². The van der Waals surface area contributed by atoms with Crippen molar-refractivity contribution in [3.8, 4) is 0 Å². The standard InChI is InChI=1S/C35H53F3O4S/c1-22(29(20-30(39)31(2,3)4)43(41,42)24-10-8-7-9-11-24)26-14-15-27-25-13-12-23-21-34(40,35(36,37)38)19-18-32(23,5)28(25)16-17-33(26,27)6/h7-11,22-23,25-30,39-40H,12-21H2,1-6H3/t22-,23-,25-,26+,27?,28-,29?,30-,32-,33+,34-/m0/s1. The van der Waals surface area contributed by atoms with Gasteiger partial charge in [0.1, 0.15) is 0 Å². The highest BCUT2D eigenvalue weighted by atomic mass is 32.2. The molecule has 4 nitrogen and oxygen atoms in total. The van der Waals surface area contributed by atoms with Crippen LogP contribution in [-0.2, 0) is 9.84 Å². The third-order valence-electron chi connectivity index (χ3n) is 13.5. The predicted octanol–water partition coefficient (Wildman–Crippen LogP) is 8.21. The van der Waals surface area contributed by atoms with Gasteiger partial charge < -0.3 is 10.2 Å². The number of fused-ring (bicyclic) bond motifs is 5. The van der Waals surface area contributed by atoms with Gasteiger partial charge >= 0.3 is 6.18 Å². The number of sulfone groups is 1. The second-order valence-electron chi connectivity index (χ2n) is 16.5. The third kappa shape index (κ3) is 5.51. The lowest BCUT2D eigenvalue weighted by atomic mass is 9.43. The molecule has 1 aromatic rings. The zero-order valence-electron chi connectivity index (χ0n) is 26.8. The first-order valence-corrected chi connectivity index (χ1v) is 18.1. The average molecular weight is 627 g/mol. The summed E-state index contributed by atoms with van der Waals surface area (Å²) < 4.78 is 69.7. The van der Waals surface area contributed by atoms with E-state index >= 15 is 0 Å². The molecule has 43 heavy (non-hydrogen) atoms. The van der Waals surface area contributed by atoms with Gasteiger partial charge in [-0.1, -0.05) is 59.7 Å². The molecule has 4 saturated carbocycles. The summed E-state index contributed by atoms with van der Waals surface area (Å²) in [5.41, 5.74) is -3.28. The molecule has 4 aliphatic carbocycles. The Labute approximate surface area is 257 Å². The molecule has 8 heteroatoms. The minimum Gasteiger partial charge on any atom is -0.393 e.